The van der Waals surface area contributed by atoms with Gasteiger partial charge < -0.3 is 20.4 Å². The van der Waals surface area contributed by atoms with Crippen molar-refractivity contribution < 1.29 is 17.6 Å². The molecule has 2 heterocycles. The van der Waals surface area contributed by atoms with Gasteiger partial charge in [0.1, 0.15) is 11.6 Å². The van der Waals surface area contributed by atoms with Crippen molar-refractivity contribution in [2.24, 2.45) is 4.99 Å². The van der Waals surface area contributed by atoms with Gasteiger partial charge in [-0.1, -0.05) is 12.1 Å². The number of halogens is 5. The maximum absolute atomic E-state index is 13.2. The Balaban J connectivity index is 0.00000363. The number of hydrogen-bond acceptors (Lipinski definition) is 4. The van der Waals surface area contributed by atoms with E-state index in [1.165, 1.54) is 7.05 Å². The molecule has 1 aliphatic rings. The van der Waals surface area contributed by atoms with Crippen LogP contribution in [0, 0.1) is 5.82 Å². The number of aliphatic imine (C=N–C) groups is 1. The minimum atomic E-state index is -4.63. The number of guanidine groups is 1. The van der Waals surface area contributed by atoms with E-state index in [0.29, 0.717) is 18.6 Å². The molecule has 0 amide bonds. The standard InChI is InChI=1S/C21H26F4N6.HI/c1-26-20(29-14-16-4-5-17(22)11-18(16)21(23,24)25)28-13-15-3-6-19(27-12-15)31-9-7-30(2)8-10-31;/h3-6,11-12H,7-10,13-14H2,1-2H3,(H2,26,28,29);1H. The van der Waals surface area contributed by atoms with Crippen LogP contribution in [0.25, 0.3) is 0 Å². The van der Waals surface area contributed by atoms with E-state index in [4.69, 9.17) is 0 Å². The average molecular weight is 566 g/mol. The summed E-state index contributed by atoms with van der Waals surface area (Å²) in [7, 11) is 3.62. The monoisotopic (exact) mass is 566 g/mol. The molecule has 1 aliphatic heterocycles. The molecule has 0 radical (unpaired) electrons. The third-order valence-electron chi connectivity index (χ3n) is 5.14. The molecule has 2 N–H and O–H groups in total. The van der Waals surface area contributed by atoms with Crippen molar-refractivity contribution in [3.63, 3.8) is 0 Å². The summed E-state index contributed by atoms with van der Waals surface area (Å²) in [6, 6.07) is 6.56. The quantitative estimate of drug-likeness (QED) is 0.252. The van der Waals surface area contributed by atoms with Crippen LogP contribution in [0.2, 0.25) is 0 Å². The molecule has 0 aliphatic carbocycles. The van der Waals surface area contributed by atoms with Gasteiger partial charge in [-0.3, -0.25) is 4.99 Å². The lowest BCUT2D eigenvalue weighted by molar-refractivity contribution is -0.138. The Hall–Kier alpha value is -2.15. The van der Waals surface area contributed by atoms with E-state index in [0.717, 1.165) is 49.7 Å². The molecule has 1 fully saturated rings. The fraction of sp³-hybridized carbons (Fsp3) is 0.429. The van der Waals surface area contributed by atoms with Crippen LogP contribution < -0.4 is 15.5 Å². The number of nitrogens with zero attached hydrogens (tertiary/aromatic N) is 4. The summed E-state index contributed by atoms with van der Waals surface area (Å²) in [5, 5.41) is 5.89. The first-order valence-electron chi connectivity index (χ1n) is 9.95. The summed E-state index contributed by atoms with van der Waals surface area (Å²) < 4.78 is 52.7. The maximum Gasteiger partial charge on any atom is 0.416 e. The number of pyridine rings is 1. The van der Waals surface area contributed by atoms with Gasteiger partial charge in [0.05, 0.1) is 5.56 Å². The first kappa shape index (κ1) is 26.1. The lowest BCUT2D eigenvalue weighted by Crippen LogP contribution is -2.44. The number of likely N-dealkylation sites (N-methyl/N-ethyl adjacent to an activating group) is 1. The molecule has 2 aromatic rings. The number of anilines is 1. The highest BCUT2D eigenvalue weighted by Crippen LogP contribution is 2.32. The molecule has 176 valence electrons. The lowest BCUT2D eigenvalue weighted by Gasteiger charge is -2.33. The number of aromatic nitrogens is 1. The van der Waals surface area contributed by atoms with Gasteiger partial charge in [-0.25, -0.2) is 9.37 Å². The van der Waals surface area contributed by atoms with E-state index in [-0.39, 0.29) is 36.1 Å². The van der Waals surface area contributed by atoms with Crippen LogP contribution in [-0.4, -0.2) is 56.1 Å². The van der Waals surface area contributed by atoms with Crippen LogP contribution >= 0.6 is 24.0 Å². The van der Waals surface area contributed by atoms with Crippen molar-refractivity contribution in [1.82, 2.24) is 20.5 Å². The van der Waals surface area contributed by atoms with E-state index in [1.54, 1.807) is 6.20 Å². The highest BCUT2D eigenvalue weighted by molar-refractivity contribution is 14.0. The van der Waals surface area contributed by atoms with Gasteiger partial charge in [0.15, 0.2) is 5.96 Å². The fourth-order valence-electron chi connectivity index (χ4n) is 3.30. The Morgan fingerprint density at radius 1 is 1.06 bits per heavy atom. The van der Waals surface area contributed by atoms with Crippen LogP contribution in [-0.2, 0) is 19.3 Å². The molecule has 0 saturated carbocycles. The Kier molecular flexibility index (Phi) is 9.49. The molecule has 0 spiro atoms. The van der Waals surface area contributed by atoms with Crippen molar-refractivity contribution in [1.29, 1.82) is 0 Å². The number of piperazine rings is 1. The summed E-state index contributed by atoms with van der Waals surface area (Å²) in [4.78, 5) is 13.1. The maximum atomic E-state index is 13.2. The molecule has 1 aromatic heterocycles. The molecule has 6 nitrogen and oxygen atoms in total. The van der Waals surface area contributed by atoms with Gasteiger partial charge in [0, 0.05) is 52.5 Å². The second-order valence-corrected chi connectivity index (χ2v) is 7.39. The normalized spacial score (nSPS) is 15.3. The van der Waals surface area contributed by atoms with E-state index in [2.05, 4.69) is 37.5 Å². The van der Waals surface area contributed by atoms with Crippen LogP contribution in [0.5, 0.6) is 0 Å². The van der Waals surface area contributed by atoms with Gasteiger partial charge in [0.2, 0.25) is 0 Å². The minimum Gasteiger partial charge on any atom is -0.354 e. The number of nitrogens with one attached hydrogen (secondary N) is 2. The smallest absolute Gasteiger partial charge is 0.354 e. The number of alkyl halides is 3. The summed E-state index contributed by atoms with van der Waals surface area (Å²) in [5.41, 5.74) is -0.146. The molecule has 0 atom stereocenters. The minimum absolute atomic E-state index is 0. The second kappa shape index (κ2) is 11.6. The molecular formula is C21H27F4IN6. The molecule has 11 heteroatoms. The lowest BCUT2D eigenvalue weighted by atomic mass is 10.1. The summed E-state index contributed by atoms with van der Waals surface area (Å²) in [5.74, 6) is 0.335. The summed E-state index contributed by atoms with van der Waals surface area (Å²) in [6.07, 6.45) is -2.86. The van der Waals surface area contributed by atoms with Gasteiger partial charge in [-0.15, -0.1) is 24.0 Å². The van der Waals surface area contributed by atoms with Crippen molar-refractivity contribution in [3.05, 3.63) is 59.0 Å². The van der Waals surface area contributed by atoms with Crippen molar-refractivity contribution >= 4 is 35.8 Å². The van der Waals surface area contributed by atoms with Crippen molar-refractivity contribution in [2.75, 3.05) is 45.2 Å². The fourth-order valence-corrected chi connectivity index (χ4v) is 3.30. The highest BCUT2D eigenvalue weighted by atomic mass is 127. The zero-order valence-corrected chi connectivity index (χ0v) is 20.2. The Bertz CT molecular complexity index is 896. The van der Waals surface area contributed by atoms with Crippen LogP contribution in [0.15, 0.2) is 41.5 Å². The molecule has 1 saturated heterocycles. The zero-order valence-electron chi connectivity index (χ0n) is 17.9. The Labute approximate surface area is 202 Å². The number of rotatable bonds is 5. The van der Waals surface area contributed by atoms with E-state index < -0.39 is 17.6 Å². The van der Waals surface area contributed by atoms with Gasteiger partial charge >= 0.3 is 6.18 Å². The van der Waals surface area contributed by atoms with Crippen LogP contribution in [0.3, 0.4) is 0 Å². The van der Waals surface area contributed by atoms with Crippen molar-refractivity contribution in [3.8, 4) is 0 Å². The van der Waals surface area contributed by atoms with Crippen LogP contribution in [0.1, 0.15) is 16.7 Å². The van der Waals surface area contributed by atoms with Crippen molar-refractivity contribution in [2.45, 2.75) is 19.3 Å². The van der Waals surface area contributed by atoms with Crippen LogP contribution in [0.4, 0.5) is 23.4 Å². The molecular weight excluding hydrogens is 539 g/mol. The number of hydrogen-bond donors (Lipinski definition) is 2. The van der Waals surface area contributed by atoms with Gasteiger partial charge in [0.25, 0.3) is 0 Å². The largest absolute Gasteiger partial charge is 0.416 e. The number of benzene rings is 1. The summed E-state index contributed by atoms with van der Waals surface area (Å²) in [6.45, 7) is 4.12. The van der Waals surface area contributed by atoms with E-state index in [9.17, 15) is 17.6 Å². The molecule has 3 rings (SSSR count). The van der Waals surface area contributed by atoms with Gasteiger partial charge in [-0.2, -0.15) is 13.2 Å². The third kappa shape index (κ3) is 7.19. The topological polar surface area (TPSA) is 55.8 Å². The molecule has 0 unspecified atom stereocenters. The average Bonchev–Trinajstić information content (AvgIpc) is 2.75. The Morgan fingerprint density at radius 3 is 2.34 bits per heavy atom. The van der Waals surface area contributed by atoms with E-state index in [1.807, 2.05) is 12.1 Å². The zero-order chi connectivity index (χ0) is 22.4. The SMILES string of the molecule is CN=C(NCc1ccc(N2CCN(C)CC2)nc1)NCc1ccc(F)cc1C(F)(F)F.I. The molecule has 0 bridgehead atoms. The second-order valence-electron chi connectivity index (χ2n) is 7.39. The summed E-state index contributed by atoms with van der Waals surface area (Å²) >= 11 is 0. The Morgan fingerprint density at radius 2 is 1.75 bits per heavy atom. The molecule has 1 aromatic carbocycles. The van der Waals surface area contributed by atoms with Gasteiger partial charge in [-0.05, 0) is 36.4 Å². The van der Waals surface area contributed by atoms with E-state index >= 15 is 0 Å². The predicted octanol–water partition coefficient (Wildman–Crippen LogP) is 3.47. The first-order chi connectivity index (χ1) is 14.8. The first-order valence-corrected chi connectivity index (χ1v) is 9.95. The predicted molar refractivity (Wildman–Crippen MR) is 128 cm³/mol. The highest BCUT2D eigenvalue weighted by Gasteiger charge is 2.33. The third-order valence-corrected chi connectivity index (χ3v) is 5.14. The molecule has 32 heavy (non-hydrogen) atoms.